The topological polar surface area (TPSA) is 96.7 Å². The summed E-state index contributed by atoms with van der Waals surface area (Å²) in [6.07, 6.45) is 4.99. The third-order valence-electron chi connectivity index (χ3n) is 4.65. The summed E-state index contributed by atoms with van der Waals surface area (Å²) in [7, 11) is 0. The fourth-order valence-electron chi connectivity index (χ4n) is 3.00. The maximum atomic E-state index is 12.6. The Kier molecular flexibility index (Phi) is 5.78. The minimum Gasteiger partial charge on any atom is -0.462 e. The molecule has 4 aromatic rings. The van der Waals surface area contributed by atoms with Gasteiger partial charge < -0.3 is 8.98 Å². The molecule has 1 amide bonds. The zero-order valence-corrected chi connectivity index (χ0v) is 17.8. The van der Waals surface area contributed by atoms with Gasteiger partial charge in [-0.3, -0.25) is 10.1 Å². The first-order valence-electron chi connectivity index (χ1n) is 9.63. The van der Waals surface area contributed by atoms with Crippen LogP contribution in [0.15, 0.2) is 71.0 Å². The number of hydrogen-bond donors (Lipinski definition) is 1. The van der Waals surface area contributed by atoms with Gasteiger partial charge in [-0.2, -0.15) is 5.26 Å². The van der Waals surface area contributed by atoms with Crippen molar-refractivity contribution in [3.63, 3.8) is 0 Å². The second-order valence-electron chi connectivity index (χ2n) is 7.06. The molecule has 4 rings (SSSR count). The molecule has 3 heterocycles. The van der Waals surface area contributed by atoms with Crippen molar-refractivity contribution >= 4 is 28.5 Å². The van der Waals surface area contributed by atoms with Gasteiger partial charge in [-0.15, -0.1) is 10.2 Å². The van der Waals surface area contributed by atoms with E-state index in [9.17, 15) is 10.1 Å². The van der Waals surface area contributed by atoms with Crippen LogP contribution >= 0.6 is 11.3 Å². The van der Waals surface area contributed by atoms with Gasteiger partial charge in [0.05, 0.1) is 6.26 Å². The highest BCUT2D eigenvalue weighted by molar-refractivity contribution is 7.18. The molecule has 0 saturated heterocycles. The Morgan fingerprint density at radius 1 is 1.19 bits per heavy atom. The van der Waals surface area contributed by atoms with E-state index in [1.807, 2.05) is 41.1 Å². The summed E-state index contributed by atoms with van der Waals surface area (Å²) in [6.45, 7) is 4.29. The van der Waals surface area contributed by atoms with Gasteiger partial charge >= 0.3 is 0 Å². The average molecular weight is 430 g/mol. The van der Waals surface area contributed by atoms with E-state index >= 15 is 0 Å². The lowest BCUT2D eigenvalue weighted by molar-refractivity contribution is -0.112. The standard InChI is InChI=1S/C23H19N5O2S/c1-15(2)16-7-9-18(10-8-16)28-11-3-5-19(28)13-17(14-24)21(29)25-23-27-26-22(31-23)20-6-4-12-30-20/h3-13,15H,1-2H3,(H,25,27,29)/b17-13-. The second kappa shape index (κ2) is 8.81. The molecule has 0 bridgehead atoms. The Morgan fingerprint density at radius 3 is 2.68 bits per heavy atom. The lowest BCUT2D eigenvalue weighted by Gasteiger charge is -2.10. The number of carbonyl (C=O) groups is 1. The molecule has 0 spiro atoms. The fourth-order valence-corrected chi connectivity index (χ4v) is 3.71. The van der Waals surface area contributed by atoms with Crippen LogP contribution in [0.5, 0.6) is 0 Å². The van der Waals surface area contributed by atoms with Gasteiger partial charge in [0.1, 0.15) is 11.6 Å². The number of aromatic nitrogens is 3. The summed E-state index contributed by atoms with van der Waals surface area (Å²) in [5.74, 6) is 0.462. The number of anilines is 1. The van der Waals surface area contributed by atoms with Crippen LogP contribution in [0, 0.1) is 11.3 Å². The minimum atomic E-state index is -0.549. The molecule has 0 aliphatic heterocycles. The van der Waals surface area contributed by atoms with Gasteiger partial charge in [0.2, 0.25) is 5.13 Å². The van der Waals surface area contributed by atoms with Crippen molar-refractivity contribution < 1.29 is 9.21 Å². The summed E-state index contributed by atoms with van der Waals surface area (Å²) in [6, 6.07) is 17.4. The maximum absolute atomic E-state index is 12.6. The molecular formula is C23H19N5O2S. The number of furan rings is 1. The zero-order chi connectivity index (χ0) is 21.8. The quantitative estimate of drug-likeness (QED) is 0.333. The number of benzene rings is 1. The van der Waals surface area contributed by atoms with Crippen molar-refractivity contribution in [2.45, 2.75) is 19.8 Å². The molecule has 0 aliphatic rings. The lowest BCUT2D eigenvalue weighted by Crippen LogP contribution is -2.13. The predicted molar refractivity (Wildman–Crippen MR) is 120 cm³/mol. The van der Waals surface area contributed by atoms with E-state index in [0.717, 1.165) is 11.4 Å². The molecular weight excluding hydrogens is 410 g/mol. The smallest absolute Gasteiger partial charge is 0.268 e. The third kappa shape index (κ3) is 4.47. The fraction of sp³-hybridized carbons (Fsp3) is 0.130. The van der Waals surface area contributed by atoms with Crippen LogP contribution in [0.2, 0.25) is 0 Å². The van der Waals surface area contributed by atoms with Crippen molar-refractivity contribution in [1.29, 1.82) is 5.26 Å². The van der Waals surface area contributed by atoms with Gasteiger partial charge in [0.15, 0.2) is 10.8 Å². The van der Waals surface area contributed by atoms with Crippen LogP contribution in [0.3, 0.4) is 0 Å². The summed E-state index contributed by atoms with van der Waals surface area (Å²) >= 11 is 1.17. The minimum absolute atomic E-state index is 0.0338. The molecule has 3 aromatic heterocycles. The molecule has 8 heteroatoms. The predicted octanol–water partition coefficient (Wildman–Crippen LogP) is 5.26. The number of rotatable bonds is 6. The number of nitrogens with zero attached hydrogens (tertiary/aromatic N) is 4. The highest BCUT2D eigenvalue weighted by Crippen LogP contribution is 2.27. The van der Waals surface area contributed by atoms with Crippen LogP contribution < -0.4 is 5.32 Å². The van der Waals surface area contributed by atoms with E-state index in [1.165, 1.54) is 23.2 Å². The van der Waals surface area contributed by atoms with E-state index in [2.05, 4.69) is 41.5 Å². The first kappa shape index (κ1) is 20.3. The number of amides is 1. The SMILES string of the molecule is CC(C)c1ccc(-n2cccc2/C=C(/C#N)C(=O)Nc2nnc(-c3ccco3)s2)cc1. The molecule has 0 atom stereocenters. The monoisotopic (exact) mass is 429 g/mol. The largest absolute Gasteiger partial charge is 0.462 e. The number of carbonyl (C=O) groups excluding carboxylic acids is 1. The van der Waals surface area contributed by atoms with Crippen LogP contribution in [0.4, 0.5) is 5.13 Å². The Labute approximate surface area is 183 Å². The number of nitriles is 1. The van der Waals surface area contributed by atoms with Crippen LogP contribution in [0.1, 0.15) is 31.0 Å². The number of hydrogen-bond acceptors (Lipinski definition) is 6. The van der Waals surface area contributed by atoms with Crippen molar-refractivity contribution in [3.05, 3.63) is 77.8 Å². The van der Waals surface area contributed by atoms with E-state index in [-0.39, 0.29) is 10.7 Å². The molecule has 1 aromatic carbocycles. The first-order chi connectivity index (χ1) is 15.0. The van der Waals surface area contributed by atoms with Crippen LogP contribution in [-0.4, -0.2) is 20.7 Å². The van der Waals surface area contributed by atoms with Gasteiger partial charge in [-0.25, -0.2) is 0 Å². The summed E-state index contributed by atoms with van der Waals surface area (Å²) in [5, 5.41) is 21.0. The Balaban J connectivity index is 1.54. The Bertz CT molecular complexity index is 1260. The molecule has 7 nitrogen and oxygen atoms in total. The third-order valence-corrected chi connectivity index (χ3v) is 5.51. The van der Waals surface area contributed by atoms with Gasteiger partial charge in [0.25, 0.3) is 5.91 Å². The molecule has 0 unspecified atom stereocenters. The second-order valence-corrected chi connectivity index (χ2v) is 8.04. The van der Waals surface area contributed by atoms with E-state index in [4.69, 9.17) is 4.42 Å². The Hall–Kier alpha value is -3.96. The van der Waals surface area contributed by atoms with E-state index in [0.29, 0.717) is 16.7 Å². The summed E-state index contributed by atoms with van der Waals surface area (Å²) < 4.78 is 7.21. The molecule has 0 saturated carbocycles. The van der Waals surface area contributed by atoms with Gasteiger partial charge in [-0.05, 0) is 54.0 Å². The van der Waals surface area contributed by atoms with Crippen LogP contribution in [0.25, 0.3) is 22.5 Å². The van der Waals surface area contributed by atoms with Crippen molar-refractivity contribution in [3.8, 4) is 22.5 Å². The van der Waals surface area contributed by atoms with Crippen LogP contribution in [-0.2, 0) is 4.79 Å². The lowest BCUT2D eigenvalue weighted by atomic mass is 10.0. The summed E-state index contributed by atoms with van der Waals surface area (Å²) in [4.78, 5) is 12.6. The van der Waals surface area contributed by atoms with Crippen molar-refractivity contribution in [2.24, 2.45) is 0 Å². The zero-order valence-electron chi connectivity index (χ0n) is 16.9. The number of nitrogens with one attached hydrogen (secondary N) is 1. The Morgan fingerprint density at radius 2 is 2.00 bits per heavy atom. The normalized spacial score (nSPS) is 11.5. The van der Waals surface area contributed by atoms with Crippen molar-refractivity contribution in [1.82, 2.24) is 14.8 Å². The highest BCUT2D eigenvalue weighted by Gasteiger charge is 2.15. The molecule has 1 N–H and O–H groups in total. The van der Waals surface area contributed by atoms with Crippen molar-refractivity contribution in [2.75, 3.05) is 5.32 Å². The molecule has 154 valence electrons. The maximum Gasteiger partial charge on any atom is 0.268 e. The molecule has 0 fully saturated rings. The van der Waals surface area contributed by atoms with Gasteiger partial charge in [-0.1, -0.05) is 37.3 Å². The summed E-state index contributed by atoms with van der Waals surface area (Å²) in [5.41, 5.74) is 2.88. The van der Waals surface area contributed by atoms with E-state index < -0.39 is 5.91 Å². The first-order valence-corrected chi connectivity index (χ1v) is 10.4. The molecule has 0 aliphatic carbocycles. The molecule has 31 heavy (non-hydrogen) atoms. The van der Waals surface area contributed by atoms with Gasteiger partial charge in [0, 0.05) is 17.6 Å². The molecule has 0 radical (unpaired) electrons. The highest BCUT2D eigenvalue weighted by atomic mass is 32.1. The average Bonchev–Trinajstić information content (AvgIpc) is 3.53. The van der Waals surface area contributed by atoms with E-state index in [1.54, 1.807) is 18.2 Å².